The number of fused-ring (bicyclic) bond motifs is 1. The average molecular weight is 363 g/mol. The van der Waals surface area contributed by atoms with Gasteiger partial charge in [0.1, 0.15) is 5.76 Å². The molecular formula is C19H17N5O3. The zero-order valence-corrected chi connectivity index (χ0v) is 14.8. The second-order valence-corrected chi connectivity index (χ2v) is 6.06. The molecule has 3 heterocycles. The molecule has 0 unspecified atom stereocenters. The Labute approximate surface area is 154 Å². The first-order chi connectivity index (χ1) is 13.1. The van der Waals surface area contributed by atoms with E-state index in [2.05, 4.69) is 20.6 Å². The SMILES string of the molecule is Cc1cc(NC(=O)COc2cc3nc(-c4ccccc4)cc(C)n3n2)no1. The number of hydrogen-bond donors (Lipinski definition) is 1. The molecule has 1 amide bonds. The minimum absolute atomic E-state index is 0.194. The molecule has 3 aromatic heterocycles. The zero-order chi connectivity index (χ0) is 18.8. The van der Waals surface area contributed by atoms with Gasteiger partial charge in [0.15, 0.2) is 18.1 Å². The molecule has 0 saturated heterocycles. The van der Waals surface area contributed by atoms with E-state index in [-0.39, 0.29) is 12.5 Å². The van der Waals surface area contributed by atoms with Gasteiger partial charge < -0.3 is 14.6 Å². The molecule has 0 atom stereocenters. The quantitative estimate of drug-likeness (QED) is 0.586. The molecule has 136 valence electrons. The second-order valence-electron chi connectivity index (χ2n) is 6.06. The van der Waals surface area contributed by atoms with Crippen molar-refractivity contribution >= 4 is 17.4 Å². The van der Waals surface area contributed by atoms with Gasteiger partial charge in [-0.1, -0.05) is 35.5 Å². The fourth-order valence-corrected chi connectivity index (χ4v) is 2.68. The Morgan fingerprint density at radius 3 is 2.74 bits per heavy atom. The van der Waals surface area contributed by atoms with Crippen LogP contribution in [0.4, 0.5) is 5.82 Å². The molecule has 0 aliphatic rings. The molecule has 4 rings (SSSR count). The van der Waals surface area contributed by atoms with Crippen molar-refractivity contribution in [2.75, 3.05) is 11.9 Å². The molecule has 0 aliphatic carbocycles. The number of anilines is 1. The van der Waals surface area contributed by atoms with Crippen LogP contribution in [-0.2, 0) is 4.79 Å². The van der Waals surface area contributed by atoms with Gasteiger partial charge in [0.05, 0.1) is 5.69 Å². The summed E-state index contributed by atoms with van der Waals surface area (Å²) in [5.74, 6) is 0.931. The van der Waals surface area contributed by atoms with Crippen molar-refractivity contribution in [2.45, 2.75) is 13.8 Å². The van der Waals surface area contributed by atoms with Crippen LogP contribution >= 0.6 is 0 Å². The maximum Gasteiger partial charge on any atom is 0.263 e. The number of hydrogen-bond acceptors (Lipinski definition) is 6. The van der Waals surface area contributed by atoms with E-state index in [1.165, 1.54) is 0 Å². The van der Waals surface area contributed by atoms with Crippen molar-refractivity contribution in [3.8, 4) is 17.1 Å². The number of benzene rings is 1. The Bertz CT molecular complexity index is 1100. The molecule has 0 bridgehead atoms. The van der Waals surface area contributed by atoms with E-state index in [1.807, 2.05) is 43.3 Å². The summed E-state index contributed by atoms with van der Waals surface area (Å²) in [5.41, 5.74) is 3.44. The standard InChI is InChI=1S/C19H17N5O3/c1-12-8-15(14-6-4-3-5-7-14)20-17-10-19(22-24(12)17)26-11-18(25)21-16-9-13(2)27-23-16/h3-10H,11H2,1-2H3,(H,21,23,25). The summed E-state index contributed by atoms with van der Waals surface area (Å²) < 4.78 is 12.1. The Morgan fingerprint density at radius 1 is 1.19 bits per heavy atom. The fraction of sp³-hybridized carbons (Fsp3) is 0.158. The van der Waals surface area contributed by atoms with Crippen LogP contribution in [0.15, 0.2) is 53.1 Å². The highest BCUT2D eigenvalue weighted by atomic mass is 16.5. The predicted molar refractivity (Wildman–Crippen MR) is 98.5 cm³/mol. The second kappa shape index (κ2) is 6.91. The third-order valence-corrected chi connectivity index (χ3v) is 3.90. The zero-order valence-electron chi connectivity index (χ0n) is 14.8. The van der Waals surface area contributed by atoms with Crippen molar-refractivity contribution < 1.29 is 14.1 Å². The van der Waals surface area contributed by atoms with Crippen LogP contribution in [0.5, 0.6) is 5.88 Å². The summed E-state index contributed by atoms with van der Waals surface area (Å²) in [5, 5.41) is 10.6. The number of amides is 1. The lowest BCUT2D eigenvalue weighted by molar-refractivity contribution is -0.118. The van der Waals surface area contributed by atoms with E-state index in [1.54, 1.807) is 23.6 Å². The van der Waals surface area contributed by atoms with Gasteiger partial charge in [-0.25, -0.2) is 9.50 Å². The van der Waals surface area contributed by atoms with Crippen molar-refractivity contribution in [3.63, 3.8) is 0 Å². The van der Waals surface area contributed by atoms with Crippen molar-refractivity contribution in [1.29, 1.82) is 0 Å². The van der Waals surface area contributed by atoms with Crippen LogP contribution in [0, 0.1) is 13.8 Å². The topological polar surface area (TPSA) is 94.5 Å². The van der Waals surface area contributed by atoms with Crippen molar-refractivity contribution in [1.82, 2.24) is 19.8 Å². The van der Waals surface area contributed by atoms with Gasteiger partial charge in [-0.3, -0.25) is 4.79 Å². The molecule has 4 aromatic rings. The van der Waals surface area contributed by atoms with Gasteiger partial charge in [-0.2, -0.15) is 0 Å². The van der Waals surface area contributed by atoms with Gasteiger partial charge in [-0.05, 0) is 19.9 Å². The van der Waals surface area contributed by atoms with Gasteiger partial charge in [0, 0.05) is 23.4 Å². The maximum absolute atomic E-state index is 11.9. The van der Waals surface area contributed by atoms with Gasteiger partial charge in [0.25, 0.3) is 5.91 Å². The average Bonchev–Trinajstić information content (AvgIpc) is 3.27. The largest absolute Gasteiger partial charge is 0.466 e. The van der Waals surface area contributed by atoms with Crippen LogP contribution in [0.2, 0.25) is 0 Å². The van der Waals surface area contributed by atoms with Gasteiger partial charge in [0.2, 0.25) is 5.88 Å². The number of carbonyl (C=O) groups excluding carboxylic acids is 1. The van der Waals surface area contributed by atoms with Gasteiger partial charge >= 0.3 is 0 Å². The number of nitrogens with zero attached hydrogens (tertiary/aromatic N) is 4. The monoisotopic (exact) mass is 363 g/mol. The molecule has 0 radical (unpaired) electrons. The number of rotatable bonds is 5. The fourth-order valence-electron chi connectivity index (χ4n) is 2.68. The molecule has 0 spiro atoms. The first kappa shape index (κ1) is 16.8. The number of nitrogens with one attached hydrogen (secondary N) is 1. The molecule has 0 saturated carbocycles. The molecule has 8 nitrogen and oxygen atoms in total. The lowest BCUT2D eigenvalue weighted by atomic mass is 10.1. The summed E-state index contributed by atoms with van der Waals surface area (Å²) >= 11 is 0. The number of ether oxygens (including phenoxy) is 1. The molecule has 0 fully saturated rings. The molecule has 1 N–H and O–H groups in total. The maximum atomic E-state index is 11.9. The van der Waals surface area contributed by atoms with E-state index >= 15 is 0 Å². The molecule has 0 aliphatic heterocycles. The first-order valence-electron chi connectivity index (χ1n) is 8.37. The first-order valence-corrected chi connectivity index (χ1v) is 8.37. The number of aryl methyl sites for hydroxylation is 2. The molecule has 27 heavy (non-hydrogen) atoms. The Balaban J connectivity index is 1.50. The molecule has 8 heteroatoms. The van der Waals surface area contributed by atoms with Crippen LogP contribution in [0.3, 0.4) is 0 Å². The predicted octanol–water partition coefficient (Wildman–Crippen LogP) is 3.02. The summed E-state index contributed by atoms with van der Waals surface area (Å²) in [4.78, 5) is 16.6. The minimum atomic E-state index is -0.352. The summed E-state index contributed by atoms with van der Waals surface area (Å²) in [6.45, 7) is 3.49. The minimum Gasteiger partial charge on any atom is -0.466 e. The number of carbonyl (C=O) groups is 1. The normalized spacial score (nSPS) is 10.9. The third kappa shape index (κ3) is 3.64. The lowest BCUT2D eigenvalue weighted by Crippen LogP contribution is -2.20. The van der Waals surface area contributed by atoms with Crippen molar-refractivity contribution in [2.24, 2.45) is 0 Å². The Kier molecular flexibility index (Phi) is 4.29. The smallest absolute Gasteiger partial charge is 0.263 e. The Morgan fingerprint density at radius 2 is 2.00 bits per heavy atom. The van der Waals surface area contributed by atoms with Gasteiger partial charge in [-0.15, -0.1) is 5.10 Å². The molecule has 1 aromatic carbocycles. The summed E-state index contributed by atoms with van der Waals surface area (Å²) in [7, 11) is 0. The van der Waals surface area contributed by atoms with E-state index in [9.17, 15) is 4.79 Å². The van der Waals surface area contributed by atoms with E-state index in [0.717, 1.165) is 17.0 Å². The van der Waals surface area contributed by atoms with E-state index < -0.39 is 0 Å². The lowest BCUT2D eigenvalue weighted by Gasteiger charge is -2.04. The highest BCUT2D eigenvalue weighted by Crippen LogP contribution is 2.21. The highest BCUT2D eigenvalue weighted by Gasteiger charge is 2.12. The molecular weight excluding hydrogens is 346 g/mol. The Hall–Kier alpha value is -3.68. The summed E-state index contributed by atoms with van der Waals surface area (Å²) in [6, 6.07) is 15.2. The van der Waals surface area contributed by atoms with Crippen molar-refractivity contribution in [3.05, 3.63) is 60.0 Å². The number of aromatic nitrogens is 4. The van der Waals surface area contributed by atoms with Crippen LogP contribution in [-0.4, -0.2) is 32.3 Å². The summed E-state index contributed by atoms with van der Waals surface area (Å²) in [6.07, 6.45) is 0. The third-order valence-electron chi connectivity index (χ3n) is 3.90. The highest BCUT2D eigenvalue weighted by molar-refractivity contribution is 5.90. The van der Waals surface area contributed by atoms with Crippen LogP contribution in [0.25, 0.3) is 16.9 Å². The van der Waals surface area contributed by atoms with E-state index in [4.69, 9.17) is 9.26 Å². The van der Waals surface area contributed by atoms with Crippen LogP contribution < -0.4 is 10.1 Å². The van der Waals surface area contributed by atoms with E-state index in [0.29, 0.717) is 23.1 Å². The van der Waals surface area contributed by atoms with Crippen LogP contribution in [0.1, 0.15) is 11.5 Å².